The minimum atomic E-state index is -0.486. The molecular weight excluding hydrogens is 330 g/mol. The van der Waals surface area contributed by atoms with Gasteiger partial charge >= 0.3 is 0 Å². The minimum Gasteiger partial charge on any atom is -0.508 e. The van der Waals surface area contributed by atoms with Crippen LogP contribution in [0.1, 0.15) is 25.0 Å². The number of phenolic OH excluding ortho intramolecular Hbond substituents is 3. The van der Waals surface area contributed by atoms with Gasteiger partial charge in [-0.3, -0.25) is 9.98 Å². The van der Waals surface area contributed by atoms with Gasteiger partial charge in [0.1, 0.15) is 17.2 Å². The van der Waals surface area contributed by atoms with Crippen LogP contribution in [0.15, 0.2) is 46.4 Å². The summed E-state index contributed by atoms with van der Waals surface area (Å²) in [6.45, 7) is 4.26. The van der Waals surface area contributed by atoms with Crippen molar-refractivity contribution in [2.24, 2.45) is 9.98 Å². The molecule has 0 atom stereocenters. The zero-order chi connectivity index (χ0) is 19.3. The third-order valence-corrected chi connectivity index (χ3v) is 3.81. The second-order valence-electron chi connectivity index (χ2n) is 6.92. The van der Waals surface area contributed by atoms with Gasteiger partial charge in [0, 0.05) is 55.5 Å². The van der Waals surface area contributed by atoms with Gasteiger partial charge in [0.2, 0.25) is 0 Å². The Bertz CT molecular complexity index is 827. The molecule has 0 aliphatic carbocycles. The molecule has 0 fully saturated rings. The first-order valence-electron chi connectivity index (χ1n) is 8.25. The first kappa shape index (κ1) is 19.3. The van der Waals surface area contributed by atoms with Crippen molar-refractivity contribution in [3.05, 3.63) is 47.5 Å². The third kappa shape index (κ3) is 5.24. The van der Waals surface area contributed by atoms with Gasteiger partial charge in [-0.2, -0.15) is 0 Å². The molecule has 0 aliphatic rings. The molecule has 3 N–H and O–H groups in total. The van der Waals surface area contributed by atoms with Gasteiger partial charge in [0.05, 0.1) is 12.1 Å². The topological polar surface area (TPSA) is 88.7 Å². The predicted octanol–water partition coefficient (Wildman–Crippen LogP) is 3.19. The summed E-state index contributed by atoms with van der Waals surface area (Å²) in [5.41, 5.74) is 1.60. The van der Waals surface area contributed by atoms with E-state index < -0.39 is 5.54 Å². The summed E-state index contributed by atoms with van der Waals surface area (Å²) >= 11 is 0. The largest absolute Gasteiger partial charge is 0.508 e. The number of aliphatic imine (C=N–C) groups is 2. The maximum absolute atomic E-state index is 10.1. The third-order valence-electron chi connectivity index (χ3n) is 3.81. The van der Waals surface area contributed by atoms with Gasteiger partial charge < -0.3 is 20.2 Å². The number of rotatable bonds is 6. The Morgan fingerprint density at radius 1 is 0.923 bits per heavy atom. The van der Waals surface area contributed by atoms with Crippen LogP contribution in [-0.4, -0.2) is 53.9 Å². The van der Waals surface area contributed by atoms with Crippen LogP contribution in [0.25, 0.3) is 0 Å². The lowest BCUT2D eigenvalue weighted by molar-refractivity contribution is 0.450. The van der Waals surface area contributed by atoms with Gasteiger partial charge in [0.25, 0.3) is 0 Å². The highest BCUT2D eigenvalue weighted by atomic mass is 16.3. The van der Waals surface area contributed by atoms with Crippen LogP contribution < -0.4 is 4.90 Å². The Kier molecular flexibility index (Phi) is 5.87. The summed E-state index contributed by atoms with van der Waals surface area (Å²) in [5, 5.41) is 29.2. The molecule has 0 saturated heterocycles. The molecule has 0 unspecified atom stereocenters. The quantitative estimate of drug-likeness (QED) is 0.694. The molecule has 6 nitrogen and oxygen atoms in total. The fourth-order valence-electron chi connectivity index (χ4n) is 2.21. The number of hydrogen-bond donors (Lipinski definition) is 3. The monoisotopic (exact) mass is 355 g/mol. The average molecular weight is 355 g/mol. The lowest BCUT2D eigenvalue weighted by atomic mass is 10.1. The molecule has 6 heteroatoms. The van der Waals surface area contributed by atoms with E-state index in [1.165, 1.54) is 12.1 Å². The van der Waals surface area contributed by atoms with E-state index in [0.29, 0.717) is 17.7 Å². The van der Waals surface area contributed by atoms with E-state index in [1.54, 1.807) is 24.6 Å². The van der Waals surface area contributed by atoms with E-state index in [2.05, 4.69) is 9.98 Å². The Hall–Kier alpha value is -3.02. The lowest BCUT2D eigenvalue weighted by Gasteiger charge is -2.17. The molecule has 2 rings (SSSR count). The standard InChI is InChI=1S/C20H25N3O3/c1-20(2,22-12-15-6-8-17(24)10-19(15)26)13-21-11-14-5-7-16(23(3)4)9-18(14)25/h5-12,24-26H,13H2,1-4H3. The summed E-state index contributed by atoms with van der Waals surface area (Å²) in [5.74, 6) is 0.151. The van der Waals surface area contributed by atoms with Crippen LogP contribution in [0.2, 0.25) is 0 Å². The molecule has 0 aromatic heterocycles. The van der Waals surface area contributed by atoms with Gasteiger partial charge in [-0.1, -0.05) is 0 Å². The molecule has 2 aromatic rings. The number of anilines is 1. The molecule has 0 aliphatic heterocycles. The summed E-state index contributed by atoms with van der Waals surface area (Å²) in [6, 6.07) is 9.78. The van der Waals surface area contributed by atoms with Crippen LogP contribution in [0.4, 0.5) is 5.69 Å². The summed E-state index contributed by atoms with van der Waals surface area (Å²) < 4.78 is 0. The van der Waals surface area contributed by atoms with Crippen LogP contribution in [-0.2, 0) is 0 Å². The van der Waals surface area contributed by atoms with Crippen molar-refractivity contribution in [1.29, 1.82) is 0 Å². The molecule has 0 bridgehead atoms. The first-order valence-corrected chi connectivity index (χ1v) is 8.25. The van der Waals surface area contributed by atoms with Crippen molar-refractivity contribution in [1.82, 2.24) is 0 Å². The van der Waals surface area contributed by atoms with Gasteiger partial charge in [-0.25, -0.2) is 0 Å². The average Bonchev–Trinajstić information content (AvgIpc) is 2.55. The van der Waals surface area contributed by atoms with E-state index >= 15 is 0 Å². The van der Waals surface area contributed by atoms with Crippen LogP contribution in [0.3, 0.4) is 0 Å². The molecule has 0 amide bonds. The Balaban J connectivity index is 2.05. The number of hydrogen-bond acceptors (Lipinski definition) is 6. The molecule has 26 heavy (non-hydrogen) atoms. The van der Waals surface area contributed by atoms with E-state index in [9.17, 15) is 15.3 Å². The number of phenols is 3. The Labute approximate surface area is 153 Å². The van der Waals surface area contributed by atoms with E-state index in [0.717, 1.165) is 5.69 Å². The summed E-state index contributed by atoms with van der Waals surface area (Å²) in [7, 11) is 3.82. The van der Waals surface area contributed by atoms with Crippen LogP contribution in [0.5, 0.6) is 17.2 Å². The van der Waals surface area contributed by atoms with Crippen molar-refractivity contribution < 1.29 is 15.3 Å². The molecule has 2 aromatic carbocycles. The highest BCUT2D eigenvalue weighted by molar-refractivity contribution is 5.85. The fraction of sp³-hybridized carbons (Fsp3) is 0.300. The molecular formula is C20H25N3O3. The lowest BCUT2D eigenvalue weighted by Crippen LogP contribution is -2.21. The van der Waals surface area contributed by atoms with Gasteiger partial charge in [-0.15, -0.1) is 0 Å². The molecule has 0 radical (unpaired) electrons. The van der Waals surface area contributed by atoms with Crippen molar-refractivity contribution in [2.45, 2.75) is 19.4 Å². The molecule has 138 valence electrons. The van der Waals surface area contributed by atoms with Crippen LogP contribution >= 0.6 is 0 Å². The van der Waals surface area contributed by atoms with Crippen molar-refractivity contribution in [3.8, 4) is 17.2 Å². The fourth-order valence-corrected chi connectivity index (χ4v) is 2.21. The molecule has 0 heterocycles. The normalized spacial score (nSPS) is 12.2. The highest BCUT2D eigenvalue weighted by Gasteiger charge is 2.14. The highest BCUT2D eigenvalue weighted by Crippen LogP contribution is 2.23. The SMILES string of the molecule is CN(C)c1ccc(C=NCC(C)(C)N=Cc2ccc(O)cc2O)c(O)c1. The second kappa shape index (κ2) is 7.91. The zero-order valence-corrected chi connectivity index (χ0v) is 15.5. The predicted molar refractivity (Wildman–Crippen MR) is 106 cm³/mol. The van der Waals surface area contributed by atoms with E-state index in [-0.39, 0.29) is 17.2 Å². The van der Waals surface area contributed by atoms with E-state index in [4.69, 9.17) is 0 Å². The Morgan fingerprint density at radius 2 is 1.54 bits per heavy atom. The maximum atomic E-state index is 10.1. The number of nitrogens with zero attached hydrogens (tertiary/aromatic N) is 3. The van der Waals surface area contributed by atoms with E-state index in [1.807, 2.05) is 45.0 Å². The second-order valence-corrected chi connectivity index (χ2v) is 6.92. The van der Waals surface area contributed by atoms with Gasteiger partial charge in [0.15, 0.2) is 0 Å². The van der Waals surface area contributed by atoms with Crippen molar-refractivity contribution in [3.63, 3.8) is 0 Å². The number of aromatic hydroxyl groups is 3. The molecule has 0 spiro atoms. The summed E-state index contributed by atoms with van der Waals surface area (Å²) in [6.07, 6.45) is 3.19. The first-order chi connectivity index (χ1) is 12.2. The Morgan fingerprint density at radius 3 is 2.15 bits per heavy atom. The smallest absolute Gasteiger partial charge is 0.128 e. The minimum absolute atomic E-state index is 0.00334. The number of benzene rings is 2. The van der Waals surface area contributed by atoms with Crippen molar-refractivity contribution >= 4 is 18.1 Å². The van der Waals surface area contributed by atoms with Crippen LogP contribution in [0, 0.1) is 0 Å². The molecule has 0 saturated carbocycles. The maximum Gasteiger partial charge on any atom is 0.128 e. The zero-order valence-electron chi connectivity index (χ0n) is 15.5. The van der Waals surface area contributed by atoms with Gasteiger partial charge in [-0.05, 0) is 38.1 Å². The van der Waals surface area contributed by atoms with Crippen molar-refractivity contribution in [2.75, 3.05) is 25.5 Å². The summed E-state index contributed by atoms with van der Waals surface area (Å²) in [4.78, 5) is 10.8.